The van der Waals surface area contributed by atoms with Crippen LogP contribution in [0.3, 0.4) is 0 Å². The van der Waals surface area contributed by atoms with Crippen LogP contribution in [-0.4, -0.2) is 11.7 Å². The number of aromatic hydroxyl groups is 1. The number of hydrogen-bond donors (Lipinski definition) is 2. The summed E-state index contributed by atoms with van der Waals surface area (Å²) in [6.07, 6.45) is 0. The van der Waals surface area contributed by atoms with Crippen LogP contribution >= 0.6 is 0 Å². The maximum absolute atomic E-state index is 9.45. The van der Waals surface area contributed by atoms with Crippen LogP contribution in [-0.2, 0) is 0 Å². The summed E-state index contributed by atoms with van der Waals surface area (Å²) >= 11 is 0. The van der Waals surface area contributed by atoms with E-state index in [-0.39, 0.29) is 11.5 Å². The van der Waals surface area contributed by atoms with Crippen molar-refractivity contribution in [2.45, 2.75) is 26.8 Å². The van der Waals surface area contributed by atoms with Gasteiger partial charge in [-0.1, -0.05) is 63.2 Å². The first kappa shape index (κ1) is 14.6. The van der Waals surface area contributed by atoms with Crippen molar-refractivity contribution in [3.63, 3.8) is 0 Å². The summed E-state index contributed by atoms with van der Waals surface area (Å²) in [5.41, 5.74) is 2.63. The van der Waals surface area contributed by atoms with Gasteiger partial charge in [0.15, 0.2) is 0 Å². The Morgan fingerprint density at radius 1 is 0.900 bits per heavy atom. The van der Waals surface area contributed by atoms with Crippen molar-refractivity contribution in [3.8, 4) is 5.75 Å². The molecule has 0 heterocycles. The molecule has 2 aromatic rings. The van der Waals surface area contributed by atoms with Crippen molar-refractivity contribution >= 4 is 0 Å². The van der Waals surface area contributed by atoms with Gasteiger partial charge < -0.3 is 10.4 Å². The molecule has 2 aromatic carbocycles. The van der Waals surface area contributed by atoms with Gasteiger partial charge in [-0.2, -0.15) is 0 Å². The van der Waals surface area contributed by atoms with Gasteiger partial charge in [0.05, 0.1) is 6.04 Å². The highest BCUT2D eigenvalue weighted by Crippen LogP contribution is 2.25. The number of phenols is 1. The van der Waals surface area contributed by atoms with Crippen molar-refractivity contribution in [1.82, 2.24) is 5.32 Å². The first-order chi connectivity index (χ1) is 9.46. The molecule has 20 heavy (non-hydrogen) atoms. The third kappa shape index (κ3) is 4.10. The maximum Gasteiger partial charge on any atom is 0.115 e. The molecule has 1 atom stereocenters. The number of phenolic OH excluding ortho intramolecular Hbond substituents is 1. The highest BCUT2D eigenvalue weighted by Gasteiger charge is 2.17. The minimum atomic E-state index is 0.149. The number of hydrogen-bond acceptors (Lipinski definition) is 2. The van der Waals surface area contributed by atoms with Crippen molar-refractivity contribution in [2.24, 2.45) is 5.41 Å². The highest BCUT2D eigenvalue weighted by molar-refractivity contribution is 5.34. The van der Waals surface area contributed by atoms with Crippen LogP contribution in [0.2, 0.25) is 0 Å². The predicted molar refractivity (Wildman–Crippen MR) is 83.8 cm³/mol. The van der Waals surface area contributed by atoms with E-state index in [4.69, 9.17) is 0 Å². The van der Waals surface area contributed by atoms with Crippen LogP contribution in [0.15, 0.2) is 54.6 Å². The average molecular weight is 269 g/mol. The maximum atomic E-state index is 9.45. The molecule has 0 aliphatic carbocycles. The van der Waals surface area contributed by atoms with Gasteiger partial charge in [-0.3, -0.25) is 0 Å². The fraction of sp³-hybridized carbons (Fsp3) is 0.333. The molecule has 0 spiro atoms. The van der Waals surface area contributed by atoms with Gasteiger partial charge in [0, 0.05) is 6.54 Å². The Morgan fingerprint density at radius 2 is 1.45 bits per heavy atom. The largest absolute Gasteiger partial charge is 0.508 e. The third-order valence-electron chi connectivity index (χ3n) is 3.20. The molecule has 0 bridgehead atoms. The molecule has 0 saturated heterocycles. The minimum absolute atomic E-state index is 0.149. The lowest BCUT2D eigenvalue weighted by Gasteiger charge is -2.26. The quantitative estimate of drug-likeness (QED) is 0.875. The lowest BCUT2D eigenvalue weighted by atomic mass is 9.93. The van der Waals surface area contributed by atoms with E-state index in [0.717, 1.165) is 6.54 Å². The summed E-state index contributed by atoms with van der Waals surface area (Å²) in [5.74, 6) is 0.302. The number of nitrogens with one attached hydrogen (secondary N) is 1. The molecular weight excluding hydrogens is 246 g/mol. The fourth-order valence-electron chi connectivity index (χ4n) is 2.15. The summed E-state index contributed by atoms with van der Waals surface area (Å²) in [6.45, 7) is 7.59. The van der Waals surface area contributed by atoms with Gasteiger partial charge in [-0.15, -0.1) is 0 Å². The van der Waals surface area contributed by atoms with Crippen molar-refractivity contribution < 1.29 is 5.11 Å². The zero-order valence-electron chi connectivity index (χ0n) is 12.4. The van der Waals surface area contributed by atoms with Crippen LogP contribution in [0.1, 0.15) is 37.9 Å². The summed E-state index contributed by atoms with van der Waals surface area (Å²) in [7, 11) is 0. The van der Waals surface area contributed by atoms with Gasteiger partial charge in [-0.25, -0.2) is 0 Å². The molecule has 0 aliphatic rings. The first-order valence-corrected chi connectivity index (χ1v) is 7.03. The second-order valence-electron chi connectivity index (χ2n) is 6.38. The lowest BCUT2D eigenvalue weighted by Crippen LogP contribution is -2.31. The van der Waals surface area contributed by atoms with Gasteiger partial charge in [0.25, 0.3) is 0 Å². The Kier molecular flexibility index (Phi) is 4.46. The lowest BCUT2D eigenvalue weighted by molar-refractivity contribution is 0.365. The molecular formula is C18H23NO. The van der Waals surface area contributed by atoms with E-state index in [1.165, 1.54) is 11.1 Å². The van der Waals surface area contributed by atoms with Crippen LogP contribution in [0.5, 0.6) is 5.75 Å². The Morgan fingerprint density at radius 3 is 2.00 bits per heavy atom. The second-order valence-corrected chi connectivity index (χ2v) is 6.38. The molecule has 0 aromatic heterocycles. The SMILES string of the molecule is CC(C)(C)CNC(c1ccccc1)c1ccc(O)cc1. The molecule has 0 saturated carbocycles. The molecule has 0 amide bonds. The zero-order valence-corrected chi connectivity index (χ0v) is 12.4. The van der Waals surface area contributed by atoms with Crippen LogP contribution in [0.25, 0.3) is 0 Å². The van der Waals surface area contributed by atoms with E-state index in [0.29, 0.717) is 5.75 Å². The molecule has 2 nitrogen and oxygen atoms in total. The summed E-state index contributed by atoms with van der Waals surface area (Å²) in [5, 5.41) is 13.1. The molecule has 0 radical (unpaired) electrons. The smallest absolute Gasteiger partial charge is 0.115 e. The minimum Gasteiger partial charge on any atom is -0.508 e. The van der Waals surface area contributed by atoms with Crippen molar-refractivity contribution in [3.05, 3.63) is 65.7 Å². The van der Waals surface area contributed by atoms with Crippen LogP contribution in [0, 0.1) is 5.41 Å². The van der Waals surface area contributed by atoms with Crippen LogP contribution < -0.4 is 5.32 Å². The Labute approximate surface area is 121 Å². The summed E-state index contributed by atoms with van der Waals surface area (Å²) in [6, 6.07) is 18.0. The van der Waals surface area contributed by atoms with E-state index >= 15 is 0 Å². The summed E-state index contributed by atoms with van der Waals surface area (Å²) < 4.78 is 0. The van der Waals surface area contributed by atoms with Crippen LogP contribution in [0.4, 0.5) is 0 Å². The standard InChI is InChI=1S/C18H23NO/c1-18(2,3)13-19-17(14-7-5-4-6-8-14)15-9-11-16(20)12-10-15/h4-12,17,19-20H,13H2,1-3H3. The molecule has 0 fully saturated rings. The second kappa shape index (κ2) is 6.10. The van der Waals surface area contributed by atoms with E-state index in [2.05, 4.69) is 50.4 Å². The molecule has 2 N–H and O–H groups in total. The Bertz CT molecular complexity index is 526. The monoisotopic (exact) mass is 269 g/mol. The normalized spacial score (nSPS) is 13.2. The zero-order chi connectivity index (χ0) is 14.6. The van der Waals surface area contributed by atoms with Gasteiger partial charge in [0.2, 0.25) is 0 Å². The van der Waals surface area contributed by atoms with E-state index in [1.54, 1.807) is 12.1 Å². The van der Waals surface area contributed by atoms with E-state index in [1.807, 2.05) is 18.2 Å². The first-order valence-electron chi connectivity index (χ1n) is 7.03. The van der Waals surface area contributed by atoms with E-state index < -0.39 is 0 Å². The fourth-order valence-corrected chi connectivity index (χ4v) is 2.15. The van der Waals surface area contributed by atoms with Crippen molar-refractivity contribution in [1.29, 1.82) is 0 Å². The van der Waals surface area contributed by atoms with Gasteiger partial charge in [-0.05, 0) is 28.7 Å². The third-order valence-corrected chi connectivity index (χ3v) is 3.20. The molecule has 1 unspecified atom stereocenters. The highest BCUT2D eigenvalue weighted by atomic mass is 16.3. The Hall–Kier alpha value is -1.80. The Balaban J connectivity index is 2.27. The van der Waals surface area contributed by atoms with Crippen molar-refractivity contribution in [2.75, 3.05) is 6.54 Å². The van der Waals surface area contributed by atoms with Gasteiger partial charge >= 0.3 is 0 Å². The number of benzene rings is 2. The van der Waals surface area contributed by atoms with E-state index in [9.17, 15) is 5.11 Å². The topological polar surface area (TPSA) is 32.3 Å². The predicted octanol–water partition coefficient (Wildman–Crippen LogP) is 4.12. The average Bonchev–Trinajstić information content (AvgIpc) is 2.41. The molecule has 106 valence electrons. The van der Waals surface area contributed by atoms with Gasteiger partial charge in [0.1, 0.15) is 5.75 Å². The number of rotatable bonds is 4. The molecule has 2 rings (SSSR count). The molecule has 2 heteroatoms. The summed E-state index contributed by atoms with van der Waals surface area (Å²) in [4.78, 5) is 0. The molecule has 0 aliphatic heterocycles.